The van der Waals surface area contributed by atoms with Gasteiger partial charge in [-0.3, -0.25) is 9.59 Å². The highest BCUT2D eigenvalue weighted by Crippen LogP contribution is 2.34. The minimum atomic E-state index is -0.0411. The van der Waals surface area contributed by atoms with Crippen molar-refractivity contribution in [2.45, 2.75) is 142 Å². The maximum atomic E-state index is 12.5. The summed E-state index contributed by atoms with van der Waals surface area (Å²) >= 11 is 0. The highest BCUT2D eigenvalue weighted by Gasteiger charge is 2.42. The van der Waals surface area contributed by atoms with Crippen molar-refractivity contribution in [3.63, 3.8) is 0 Å². The fraction of sp³-hybridized carbons (Fsp3) is 0.929. The summed E-state index contributed by atoms with van der Waals surface area (Å²) in [5, 5.41) is 7.23. The van der Waals surface area contributed by atoms with Gasteiger partial charge in [0.05, 0.1) is 25.0 Å². The molecule has 6 heteroatoms. The van der Waals surface area contributed by atoms with Gasteiger partial charge in [-0.25, -0.2) is 0 Å². The summed E-state index contributed by atoms with van der Waals surface area (Å²) in [5.74, 6) is -0.109. The largest absolute Gasteiger partial charge is 0.465 e. The molecule has 2 fully saturated rings. The van der Waals surface area contributed by atoms with Gasteiger partial charge < -0.3 is 20.1 Å². The third-order valence-electron chi connectivity index (χ3n) is 7.07. The fourth-order valence-electron chi connectivity index (χ4n) is 6.47. The Kier molecular flexibility index (Phi) is 10.0. The highest BCUT2D eigenvalue weighted by molar-refractivity contribution is 5.73. The van der Waals surface area contributed by atoms with Gasteiger partial charge in [-0.2, -0.15) is 0 Å². The van der Waals surface area contributed by atoms with Crippen LogP contribution in [0.4, 0.5) is 0 Å². The van der Waals surface area contributed by atoms with E-state index in [1.54, 1.807) is 0 Å². The van der Waals surface area contributed by atoms with Crippen LogP contribution < -0.4 is 10.6 Å². The van der Waals surface area contributed by atoms with Crippen molar-refractivity contribution in [3.05, 3.63) is 0 Å². The smallest absolute Gasteiger partial charge is 0.309 e. The van der Waals surface area contributed by atoms with E-state index >= 15 is 0 Å². The Hall–Kier alpha value is -1.14. The molecule has 0 spiro atoms. The molecule has 0 radical (unpaired) electrons. The van der Waals surface area contributed by atoms with E-state index in [4.69, 9.17) is 9.47 Å². The first-order chi connectivity index (χ1) is 15.6. The van der Waals surface area contributed by atoms with Crippen LogP contribution in [0.1, 0.15) is 120 Å². The average molecular weight is 481 g/mol. The van der Waals surface area contributed by atoms with Gasteiger partial charge in [-0.1, -0.05) is 25.7 Å². The molecular formula is C28H52N2O4. The first kappa shape index (κ1) is 29.1. The third-order valence-corrected chi connectivity index (χ3v) is 7.07. The van der Waals surface area contributed by atoms with E-state index in [1.165, 1.54) is 0 Å². The van der Waals surface area contributed by atoms with Crippen LogP contribution in [0.2, 0.25) is 0 Å². The van der Waals surface area contributed by atoms with Crippen LogP contribution in [0.3, 0.4) is 0 Å². The maximum absolute atomic E-state index is 12.5. The summed E-state index contributed by atoms with van der Waals surface area (Å²) in [6, 6.07) is 0. The molecule has 2 aliphatic heterocycles. The molecule has 2 heterocycles. The van der Waals surface area contributed by atoms with E-state index in [1.807, 2.05) is 0 Å². The summed E-state index contributed by atoms with van der Waals surface area (Å²) in [6.45, 7) is 18.3. The number of carbonyl (C=O) groups excluding carboxylic acids is 2. The lowest BCUT2D eigenvalue weighted by molar-refractivity contribution is -0.152. The number of ether oxygens (including phenoxy) is 2. The zero-order chi connectivity index (χ0) is 25.6. The lowest BCUT2D eigenvalue weighted by atomic mass is 9.76. The van der Waals surface area contributed by atoms with Gasteiger partial charge in [0.15, 0.2) is 0 Å². The van der Waals surface area contributed by atoms with Crippen molar-refractivity contribution in [2.75, 3.05) is 13.2 Å². The monoisotopic (exact) mass is 480 g/mol. The Bertz CT molecular complexity index is 594. The van der Waals surface area contributed by atoms with Crippen LogP contribution in [0.5, 0.6) is 0 Å². The predicted octanol–water partition coefficient (Wildman–Crippen LogP) is 5.53. The normalized spacial score (nSPS) is 23.9. The van der Waals surface area contributed by atoms with Crippen molar-refractivity contribution in [3.8, 4) is 0 Å². The quantitative estimate of drug-likeness (QED) is 0.299. The number of esters is 2. The molecule has 0 saturated carbocycles. The first-order valence-electron chi connectivity index (χ1n) is 13.5. The van der Waals surface area contributed by atoms with Crippen molar-refractivity contribution < 1.29 is 19.1 Å². The molecule has 198 valence electrons. The van der Waals surface area contributed by atoms with Crippen LogP contribution in [0.15, 0.2) is 0 Å². The van der Waals surface area contributed by atoms with E-state index in [0.717, 1.165) is 64.2 Å². The standard InChI is InChI=1S/C28H52N2O4/c1-25(2)17-21(18-26(3,4)29-25)23(31)33-15-13-11-9-10-12-14-16-34-24(32)22-19-27(5,6)30-28(7,8)20-22/h21-22,29-30H,9-20H2,1-8H3. The molecule has 2 rings (SSSR count). The predicted molar refractivity (Wildman–Crippen MR) is 138 cm³/mol. The van der Waals surface area contributed by atoms with Crippen LogP contribution >= 0.6 is 0 Å². The second-order valence-electron chi connectivity index (χ2n) is 13.5. The van der Waals surface area contributed by atoms with Gasteiger partial charge in [0.25, 0.3) is 0 Å². The van der Waals surface area contributed by atoms with Crippen molar-refractivity contribution >= 4 is 11.9 Å². The third kappa shape index (κ3) is 10.2. The Balaban J connectivity index is 1.50. The van der Waals surface area contributed by atoms with E-state index in [2.05, 4.69) is 66.0 Å². The molecule has 0 aliphatic carbocycles. The maximum Gasteiger partial charge on any atom is 0.309 e. The molecule has 0 unspecified atom stereocenters. The summed E-state index contributed by atoms with van der Waals surface area (Å²) in [7, 11) is 0. The minimum absolute atomic E-state index is 0.0176. The SMILES string of the molecule is CC1(C)CC(C(=O)OCCCCCCCCOC(=O)C2CC(C)(C)NC(C)(C)C2)CC(C)(C)N1. The average Bonchev–Trinajstić information content (AvgIpc) is 2.64. The topological polar surface area (TPSA) is 76.7 Å². The summed E-state index contributed by atoms with van der Waals surface area (Å²) in [6.07, 6.45) is 9.51. The number of hydrogen-bond acceptors (Lipinski definition) is 6. The summed E-state index contributed by atoms with van der Waals surface area (Å²) in [4.78, 5) is 25.1. The van der Waals surface area contributed by atoms with E-state index in [-0.39, 0.29) is 45.9 Å². The van der Waals surface area contributed by atoms with Crippen LogP contribution in [-0.4, -0.2) is 47.3 Å². The van der Waals surface area contributed by atoms with Crippen LogP contribution in [0.25, 0.3) is 0 Å². The number of unbranched alkanes of at least 4 members (excludes halogenated alkanes) is 5. The zero-order valence-corrected chi connectivity index (χ0v) is 23.3. The molecule has 2 saturated heterocycles. The Morgan fingerprint density at radius 3 is 1.12 bits per heavy atom. The zero-order valence-electron chi connectivity index (χ0n) is 23.3. The molecule has 0 aromatic rings. The van der Waals surface area contributed by atoms with Crippen molar-refractivity contribution in [1.82, 2.24) is 10.6 Å². The molecule has 6 nitrogen and oxygen atoms in total. The van der Waals surface area contributed by atoms with E-state index < -0.39 is 0 Å². The fourth-order valence-corrected chi connectivity index (χ4v) is 6.47. The number of hydrogen-bond donors (Lipinski definition) is 2. The molecule has 0 atom stereocenters. The molecular weight excluding hydrogens is 428 g/mol. The molecule has 2 aliphatic rings. The van der Waals surface area contributed by atoms with Gasteiger partial charge in [0.1, 0.15) is 0 Å². The van der Waals surface area contributed by atoms with Crippen LogP contribution in [0, 0.1) is 11.8 Å². The second kappa shape index (κ2) is 11.7. The Labute approximate surface area is 208 Å². The van der Waals surface area contributed by atoms with Crippen molar-refractivity contribution in [2.24, 2.45) is 11.8 Å². The molecule has 0 aromatic heterocycles. The highest BCUT2D eigenvalue weighted by atomic mass is 16.5. The Morgan fingerprint density at radius 1 is 0.559 bits per heavy atom. The molecule has 2 N–H and O–H groups in total. The van der Waals surface area contributed by atoms with Crippen molar-refractivity contribution in [1.29, 1.82) is 0 Å². The molecule has 0 amide bonds. The number of carbonyl (C=O) groups is 2. The van der Waals surface area contributed by atoms with Gasteiger partial charge in [0, 0.05) is 22.2 Å². The summed E-state index contributed by atoms with van der Waals surface area (Å²) < 4.78 is 11.2. The Morgan fingerprint density at radius 2 is 0.824 bits per heavy atom. The number of piperidine rings is 2. The summed E-state index contributed by atoms with van der Waals surface area (Å²) in [5.41, 5.74) is -0.164. The first-order valence-corrected chi connectivity index (χ1v) is 13.5. The van der Waals surface area contributed by atoms with E-state index in [0.29, 0.717) is 13.2 Å². The van der Waals surface area contributed by atoms with Gasteiger partial charge in [-0.15, -0.1) is 0 Å². The molecule has 0 bridgehead atoms. The number of rotatable bonds is 11. The minimum Gasteiger partial charge on any atom is -0.465 e. The molecule has 34 heavy (non-hydrogen) atoms. The van der Waals surface area contributed by atoms with Gasteiger partial charge in [-0.05, 0) is 93.9 Å². The van der Waals surface area contributed by atoms with E-state index in [9.17, 15) is 9.59 Å². The second-order valence-corrected chi connectivity index (χ2v) is 13.5. The van der Waals surface area contributed by atoms with Gasteiger partial charge in [0.2, 0.25) is 0 Å². The molecule has 0 aromatic carbocycles. The van der Waals surface area contributed by atoms with Crippen LogP contribution in [-0.2, 0) is 19.1 Å². The lowest BCUT2D eigenvalue weighted by Crippen LogP contribution is -2.59. The lowest BCUT2D eigenvalue weighted by Gasteiger charge is -2.45. The number of nitrogens with one attached hydrogen (secondary N) is 2. The van der Waals surface area contributed by atoms with Gasteiger partial charge >= 0.3 is 11.9 Å².